The number of thiophene rings is 1. The summed E-state index contributed by atoms with van der Waals surface area (Å²) in [6, 6.07) is 6.93. The van der Waals surface area contributed by atoms with Crippen molar-refractivity contribution in [3.05, 3.63) is 64.5 Å². The largest absolute Gasteiger partial charge is 0.432 e. The monoisotopic (exact) mass is 488 g/mol. The quantitative estimate of drug-likeness (QED) is 0.398. The second-order valence-corrected chi connectivity index (χ2v) is 8.85. The highest BCUT2D eigenvalue weighted by Gasteiger charge is 2.25. The Hall–Kier alpha value is -3.67. The van der Waals surface area contributed by atoms with Crippen molar-refractivity contribution in [1.29, 1.82) is 0 Å². The van der Waals surface area contributed by atoms with E-state index in [1.165, 1.54) is 23.0 Å². The number of alkyl halides is 2. The lowest BCUT2D eigenvalue weighted by molar-refractivity contribution is -0.0503. The van der Waals surface area contributed by atoms with Gasteiger partial charge in [-0.3, -0.25) is 9.36 Å². The molecule has 1 aliphatic carbocycles. The van der Waals surface area contributed by atoms with E-state index in [0.29, 0.717) is 27.5 Å². The van der Waals surface area contributed by atoms with Gasteiger partial charge in [0.15, 0.2) is 10.9 Å². The van der Waals surface area contributed by atoms with Gasteiger partial charge in [-0.05, 0) is 43.5 Å². The number of aromatic nitrogens is 4. The summed E-state index contributed by atoms with van der Waals surface area (Å²) in [6.07, 6.45) is 8.19. The maximum atomic E-state index is 13.5. The molecule has 34 heavy (non-hydrogen) atoms. The Bertz CT molecular complexity index is 1340. The molecule has 176 valence electrons. The molecule has 5 rings (SSSR count). The van der Waals surface area contributed by atoms with E-state index in [9.17, 15) is 18.0 Å². The van der Waals surface area contributed by atoms with Crippen LogP contribution in [0.3, 0.4) is 0 Å². The van der Waals surface area contributed by atoms with Crippen LogP contribution in [0.15, 0.2) is 53.8 Å². The lowest BCUT2D eigenvalue weighted by Crippen LogP contribution is -2.22. The summed E-state index contributed by atoms with van der Waals surface area (Å²) >= 11 is 0.832. The van der Waals surface area contributed by atoms with Crippen LogP contribution in [-0.2, 0) is 0 Å². The molecule has 0 saturated heterocycles. The molecule has 0 amide bonds. The second-order valence-electron chi connectivity index (χ2n) is 7.84. The lowest BCUT2D eigenvalue weighted by atomic mass is 10.2. The van der Waals surface area contributed by atoms with Crippen molar-refractivity contribution in [1.82, 2.24) is 19.5 Å². The van der Waals surface area contributed by atoms with Gasteiger partial charge in [-0.2, -0.15) is 13.2 Å². The molecule has 1 saturated carbocycles. The molecule has 0 aromatic carbocycles. The van der Waals surface area contributed by atoms with Gasteiger partial charge < -0.3 is 15.4 Å². The van der Waals surface area contributed by atoms with Gasteiger partial charge in [0.05, 0.1) is 24.3 Å². The predicted octanol–water partition coefficient (Wildman–Crippen LogP) is 4.42. The highest BCUT2D eigenvalue weighted by Crippen LogP contribution is 2.25. The molecule has 4 heterocycles. The minimum absolute atomic E-state index is 0.0919. The Kier molecular flexibility index (Phi) is 6.05. The Balaban J connectivity index is 1.19. The van der Waals surface area contributed by atoms with Crippen molar-refractivity contribution in [2.24, 2.45) is 0 Å². The van der Waals surface area contributed by atoms with E-state index >= 15 is 0 Å². The zero-order valence-corrected chi connectivity index (χ0v) is 18.4. The number of hydrogen-bond acceptors (Lipinski definition) is 8. The van der Waals surface area contributed by atoms with Crippen molar-refractivity contribution in [3.8, 4) is 11.4 Å². The predicted molar refractivity (Wildman–Crippen MR) is 123 cm³/mol. The van der Waals surface area contributed by atoms with Gasteiger partial charge in [-0.15, -0.1) is 11.3 Å². The second kappa shape index (κ2) is 9.29. The zero-order valence-electron chi connectivity index (χ0n) is 17.6. The molecule has 2 N–H and O–H groups in total. The first-order valence-electron chi connectivity index (χ1n) is 10.5. The first-order chi connectivity index (χ1) is 16.4. The van der Waals surface area contributed by atoms with E-state index < -0.39 is 11.7 Å². The van der Waals surface area contributed by atoms with Crippen molar-refractivity contribution in [2.45, 2.75) is 38.0 Å². The molecule has 1 aliphatic rings. The summed E-state index contributed by atoms with van der Waals surface area (Å²) in [6.45, 7) is -2.91. The highest BCUT2D eigenvalue weighted by atomic mass is 32.1. The van der Waals surface area contributed by atoms with E-state index in [2.05, 4.69) is 30.3 Å². The molecule has 1 fully saturated rings. The van der Waals surface area contributed by atoms with Crippen LogP contribution in [0.5, 0.6) is 5.75 Å². The van der Waals surface area contributed by atoms with Crippen LogP contribution in [0.2, 0.25) is 0 Å². The van der Waals surface area contributed by atoms with Gasteiger partial charge in [-0.1, -0.05) is 0 Å². The van der Waals surface area contributed by atoms with Crippen LogP contribution in [0.4, 0.5) is 24.9 Å². The molecule has 4 aromatic heterocycles. The first kappa shape index (κ1) is 22.1. The number of pyridine rings is 2. The Labute approximate surface area is 195 Å². The topological polar surface area (TPSA) is 94.0 Å². The standard InChI is InChI=1S/C22H19F3N6O2S/c23-17-7-12-5-6-31(20(32)19(12)34-17)15-3-4-18(26-9-15)29-13-1-2-14(8-13)30-22-27-10-16(11-28-22)33-21(24)25/h3-7,9-11,13-14,21H,1-2,8H2,(H,26,29)(H,27,28,30)/t13-,14-/m0/s1. The van der Waals surface area contributed by atoms with Crippen molar-refractivity contribution < 1.29 is 17.9 Å². The zero-order chi connectivity index (χ0) is 23.7. The third-order valence-corrected chi connectivity index (χ3v) is 6.47. The van der Waals surface area contributed by atoms with Crippen molar-refractivity contribution in [3.63, 3.8) is 0 Å². The summed E-state index contributed by atoms with van der Waals surface area (Å²) in [5.41, 5.74) is 0.309. The fourth-order valence-electron chi connectivity index (χ4n) is 4.00. The Morgan fingerprint density at radius 3 is 2.53 bits per heavy atom. The summed E-state index contributed by atoms with van der Waals surface area (Å²) < 4.78 is 44.0. The number of fused-ring (bicyclic) bond motifs is 1. The highest BCUT2D eigenvalue weighted by molar-refractivity contribution is 7.17. The molecule has 0 unspecified atom stereocenters. The van der Waals surface area contributed by atoms with Gasteiger partial charge in [0.1, 0.15) is 10.5 Å². The van der Waals surface area contributed by atoms with Crippen molar-refractivity contribution >= 4 is 33.2 Å². The van der Waals surface area contributed by atoms with Crippen LogP contribution in [0, 0.1) is 5.13 Å². The normalized spacial score (nSPS) is 17.9. The van der Waals surface area contributed by atoms with Gasteiger partial charge in [0, 0.05) is 23.7 Å². The smallest absolute Gasteiger partial charge is 0.387 e. The fourth-order valence-corrected chi connectivity index (χ4v) is 4.82. The van der Waals surface area contributed by atoms with Crippen LogP contribution in [0.1, 0.15) is 19.3 Å². The third-order valence-electron chi connectivity index (χ3n) is 5.54. The van der Waals surface area contributed by atoms with Crippen LogP contribution < -0.4 is 20.9 Å². The maximum absolute atomic E-state index is 13.5. The number of rotatable bonds is 7. The Morgan fingerprint density at radius 2 is 1.82 bits per heavy atom. The van der Waals surface area contributed by atoms with E-state index in [0.717, 1.165) is 30.6 Å². The average molecular weight is 488 g/mol. The summed E-state index contributed by atoms with van der Waals surface area (Å²) in [5.74, 6) is 0.934. The molecule has 0 radical (unpaired) electrons. The molecule has 4 aromatic rings. The van der Waals surface area contributed by atoms with Gasteiger partial charge >= 0.3 is 6.61 Å². The van der Waals surface area contributed by atoms with E-state index in [4.69, 9.17) is 0 Å². The molecule has 0 bridgehead atoms. The molecule has 0 spiro atoms. The number of hydrogen-bond donors (Lipinski definition) is 2. The average Bonchev–Trinajstić information content (AvgIpc) is 3.42. The molecule has 12 heteroatoms. The van der Waals surface area contributed by atoms with E-state index in [-0.39, 0.29) is 23.4 Å². The van der Waals surface area contributed by atoms with Crippen LogP contribution in [0.25, 0.3) is 15.8 Å². The molecule has 2 atom stereocenters. The van der Waals surface area contributed by atoms with Crippen LogP contribution in [-0.4, -0.2) is 38.2 Å². The van der Waals surface area contributed by atoms with E-state index in [1.807, 2.05) is 0 Å². The third kappa shape index (κ3) is 4.81. The van der Waals surface area contributed by atoms with Gasteiger partial charge in [0.2, 0.25) is 5.95 Å². The molecule has 0 aliphatic heterocycles. The lowest BCUT2D eigenvalue weighted by Gasteiger charge is -2.15. The summed E-state index contributed by atoms with van der Waals surface area (Å²) in [4.78, 5) is 25.1. The van der Waals surface area contributed by atoms with E-state index in [1.54, 1.807) is 30.6 Å². The fraction of sp³-hybridized carbons (Fsp3) is 0.273. The van der Waals surface area contributed by atoms with Gasteiger partial charge in [0.25, 0.3) is 5.56 Å². The minimum atomic E-state index is -2.91. The number of ether oxygens (including phenoxy) is 1. The number of nitrogens with zero attached hydrogens (tertiary/aromatic N) is 4. The van der Waals surface area contributed by atoms with Gasteiger partial charge in [-0.25, -0.2) is 15.0 Å². The maximum Gasteiger partial charge on any atom is 0.387 e. The minimum Gasteiger partial charge on any atom is -0.432 e. The SMILES string of the molecule is O=c1c2sc(F)cc2ccn1-c1ccc(N[C@H]2CC[C@H](Nc3ncc(OC(F)F)cn3)C2)nc1. The first-order valence-corrected chi connectivity index (χ1v) is 11.3. The van der Waals surface area contributed by atoms with Crippen molar-refractivity contribution in [2.75, 3.05) is 10.6 Å². The molecule has 8 nitrogen and oxygen atoms in total. The number of halogens is 3. The number of anilines is 2. The number of nitrogens with one attached hydrogen (secondary N) is 2. The Morgan fingerprint density at radius 1 is 1.06 bits per heavy atom. The molecular formula is C22H19F3N6O2S. The molecular weight excluding hydrogens is 469 g/mol. The summed E-state index contributed by atoms with van der Waals surface area (Å²) in [5, 5.41) is 6.78. The summed E-state index contributed by atoms with van der Waals surface area (Å²) in [7, 11) is 0. The van der Waals surface area contributed by atoms with Crippen LogP contribution >= 0.6 is 11.3 Å².